The van der Waals surface area contributed by atoms with E-state index in [9.17, 15) is 22.8 Å². The van der Waals surface area contributed by atoms with Crippen LogP contribution in [0.5, 0.6) is 0 Å². The SMILES string of the molecule is Cc1cccc(C(C)C)c1NC(=O)C(=O)Nc1ccccc1C(F)(F)F. The van der Waals surface area contributed by atoms with Gasteiger partial charge in [0.2, 0.25) is 0 Å². The fourth-order valence-electron chi connectivity index (χ4n) is 2.53. The quantitative estimate of drug-likeness (QED) is 0.775. The van der Waals surface area contributed by atoms with Crippen molar-refractivity contribution in [2.24, 2.45) is 0 Å². The first-order valence-electron chi connectivity index (χ1n) is 7.99. The number of hydrogen-bond donors (Lipinski definition) is 2. The molecule has 0 radical (unpaired) electrons. The zero-order chi connectivity index (χ0) is 19.5. The van der Waals surface area contributed by atoms with Gasteiger partial charge in [-0.25, -0.2) is 0 Å². The topological polar surface area (TPSA) is 58.2 Å². The van der Waals surface area contributed by atoms with Gasteiger partial charge in [0.15, 0.2) is 0 Å². The van der Waals surface area contributed by atoms with Crippen molar-refractivity contribution >= 4 is 23.2 Å². The largest absolute Gasteiger partial charge is 0.418 e. The summed E-state index contributed by atoms with van der Waals surface area (Å²) in [6, 6.07) is 9.93. The molecule has 0 aromatic heterocycles. The van der Waals surface area contributed by atoms with Crippen LogP contribution in [-0.2, 0) is 15.8 Å². The predicted molar refractivity (Wildman–Crippen MR) is 94.0 cm³/mol. The Balaban J connectivity index is 2.22. The molecule has 0 atom stereocenters. The highest BCUT2D eigenvalue weighted by atomic mass is 19.4. The van der Waals surface area contributed by atoms with E-state index in [0.29, 0.717) is 5.69 Å². The summed E-state index contributed by atoms with van der Waals surface area (Å²) >= 11 is 0. The average molecular weight is 364 g/mol. The van der Waals surface area contributed by atoms with E-state index in [2.05, 4.69) is 5.32 Å². The van der Waals surface area contributed by atoms with Gasteiger partial charge < -0.3 is 10.6 Å². The zero-order valence-electron chi connectivity index (χ0n) is 14.6. The van der Waals surface area contributed by atoms with Crippen molar-refractivity contribution in [3.63, 3.8) is 0 Å². The van der Waals surface area contributed by atoms with E-state index in [0.717, 1.165) is 23.3 Å². The molecule has 138 valence electrons. The molecule has 2 rings (SSSR count). The molecule has 0 bridgehead atoms. The van der Waals surface area contributed by atoms with Crippen LogP contribution in [0.3, 0.4) is 0 Å². The third-order valence-corrected chi connectivity index (χ3v) is 3.85. The normalized spacial score (nSPS) is 11.3. The molecule has 2 aromatic rings. The van der Waals surface area contributed by atoms with Crippen LogP contribution in [0.1, 0.15) is 36.5 Å². The van der Waals surface area contributed by atoms with Crippen molar-refractivity contribution in [2.45, 2.75) is 32.9 Å². The van der Waals surface area contributed by atoms with Crippen molar-refractivity contribution in [2.75, 3.05) is 10.6 Å². The van der Waals surface area contributed by atoms with Gasteiger partial charge in [-0.15, -0.1) is 0 Å². The number of carbonyl (C=O) groups is 2. The lowest BCUT2D eigenvalue weighted by Crippen LogP contribution is -2.30. The van der Waals surface area contributed by atoms with Crippen molar-refractivity contribution in [1.29, 1.82) is 0 Å². The molecule has 0 aliphatic rings. The van der Waals surface area contributed by atoms with Crippen molar-refractivity contribution in [3.8, 4) is 0 Å². The lowest BCUT2D eigenvalue weighted by Gasteiger charge is -2.17. The minimum Gasteiger partial charge on any atom is -0.317 e. The fourth-order valence-corrected chi connectivity index (χ4v) is 2.53. The van der Waals surface area contributed by atoms with Crippen LogP contribution in [0.2, 0.25) is 0 Å². The maximum absolute atomic E-state index is 13.0. The van der Waals surface area contributed by atoms with E-state index < -0.39 is 29.2 Å². The molecule has 0 saturated carbocycles. The van der Waals surface area contributed by atoms with Gasteiger partial charge >= 0.3 is 18.0 Å². The van der Waals surface area contributed by atoms with Crippen molar-refractivity contribution in [3.05, 3.63) is 59.2 Å². The van der Waals surface area contributed by atoms with E-state index in [1.807, 2.05) is 31.3 Å². The number of hydrogen-bond acceptors (Lipinski definition) is 2. The molecule has 0 saturated heterocycles. The number of rotatable bonds is 3. The van der Waals surface area contributed by atoms with Gasteiger partial charge in [0.05, 0.1) is 11.3 Å². The van der Waals surface area contributed by atoms with Crippen LogP contribution < -0.4 is 10.6 Å². The number of alkyl halides is 3. The van der Waals surface area contributed by atoms with Gasteiger partial charge in [-0.05, 0) is 36.1 Å². The monoisotopic (exact) mass is 364 g/mol. The molecule has 0 aliphatic heterocycles. The second kappa shape index (κ2) is 7.59. The number of anilines is 2. The molecule has 2 aromatic carbocycles. The lowest BCUT2D eigenvalue weighted by molar-refractivity contribution is -0.137. The number of nitrogens with one attached hydrogen (secondary N) is 2. The summed E-state index contributed by atoms with van der Waals surface area (Å²) in [5, 5.41) is 4.54. The second-order valence-corrected chi connectivity index (χ2v) is 6.15. The standard InChI is InChI=1S/C19H19F3N2O2/c1-11(2)13-8-6-7-12(3)16(13)24-18(26)17(25)23-15-10-5-4-9-14(15)19(20,21)22/h4-11H,1-3H3,(H,23,25)(H,24,26). The van der Waals surface area contributed by atoms with Gasteiger partial charge in [0, 0.05) is 5.69 Å². The highest BCUT2D eigenvalue weighted by Gasteiger charge is 2.34. The van der Waals surface area contributed by atoms with Gasteiger partial charge in [0.1, 0.15) is 0 Å². The molecular formula is C19H19F3N2O2. The summed E-state index contributed by atoms with van der Waals surface area (Å²) < 4.78 is 39.0. The summed E-state index contributed by atoms with van der Waals surface area (Å²) in [5.74, 6) is -2.10. The maximum atomic E-state index is 13.0. The van der Waals surface area contributed by atoms with E-state index in [4.69, 9.17) is 0 Å². The second-order valence-electron chi connectivity index (χ2n) is 6.15. The van der Waals surface area contributed by atoms with Crippen molar-refractivity contribution < 1.29 is 22.8 Å². The molecule has 0 unspecified atom stereocenters. The molecule has 26 heavy (non-hydrogen) atoms. The number of aryl methyl sites for hydroxylation is 1. The Bertz CT molecular complexity index is 830. The Morgan fingerprint density at radius 3 is 2.15 bits per heavy atom. The van der Waals surface area contributed by atoms with Crippen LogP contribution in [0, 0.1) is 6.92 Å². The Kier molecular flexibility index (Phi) is 5.69. The smallest absolute Gasteiger partial charge is 0.317 e. The van der Waals surface area contributed by atoms with E-state index >= 15 is 0 Å². The van der Waals surface area contributed by atoms with Gasteiger partial charge in [-0.1, -0.05) is 44.2 Å². The minimum atomic E-state index is -4.64. The number of amides is 2. The van der Waals surface area contributed by atoms with E-state index in [1.165, 1.54) is 12.1 Å². The maximum Gasteiger partial charge on any atom is 0.418 e. The summed E-state index contributed by atoms with van der Waals surface area (Å²) in [5.41, 5.74) is 0.607. The van der Waals surface area contributed by atoms with E-state index in [-0.39, 0.29) is 5.92 Å². The molecule has 2 N–H and O–H groups in total. The molecule has 4 nitrogen and oxygen atoms in total. The molecule has 0 heterocycles. The zero-order valence-corrected chi connectivity index (χ0v) is 14.6. The van der Waals surface area contributed by atoms with Gasteiger partial charge in [-0.2, -0.15) is 13.2 Å². The van der Waals surface area contributed by atoms with Crippen LogP contribution in [0.4, 0.5) is 24.5 Å². The highest BCUT2D eigenvalue weighted by Crippen LogP contribution is 2.34. The third kappa shape index (κ3) is 4.41. The molecule has 7 heteroatoms. The first-order valence-corrected chi connectivity index (χ1v) is 7.99. The predicted octanol–water partition coefficient (Wildman–Crippen LogP) is 4.71. The van der Waals surface area contributed by atoms with Crippen LogP contribution in [0.15, 0.2) is 42.5 Å². The molecule has 0 spiro atoms. The molecule has 0 aliphatic carbocycles. The Morgan fingerprint density at radius 1 is 0.923 bits per heavy atom. The molecular weight excluding hydrogens is 345 g/mol. The Morgan fingerprint density at radius 2 is 1.54 bits per heavy atom. The summed E-state index contributed by atoms with van der Waals surface area (Å²) in [6.07, 6.45) is -4.64. The lowest BCUT2D eigenvalue weighted by atomic mass is 9.98. The summed E-state index contributed by atoms with van der Waals surface area (Å²) in [4.78, 5) is 24.3. The number of carbonyl (C=O) groups excluding carboxylic acids is 2. The Hall–Kier alpha value is -2.83. The number of benzene rings is 2. The summed E-state index contributed by atoms with van der Waals surface area (Å²) in [7, 11) is 0. The molecule has 0 fully saturated rings. The first-order chi connectivity index (χ1) is 12.1. The summed E-state index contributed by atoms with van der Waals surface area (Å²) in [6.45, 7) is 5.65. The Labute approximate surface area is 149 Å². The minimum absolute atomic E-state index is 0.0965. The first kappa shape index (κ1) is 19.5. The van der Waals surface area contributed by atoms with Gasteiger partial charge in [-0.3, -0.25) is 9.59 Å². The number of halogens is 3. The van der Waals surface area contributed by atoms with Gasteiger partial charge in [0.25, 0.3) is 0 Å². The van der Waals surface area contributed by atoms with E-state index in [1.54, 1.807) is 13.0 Å². The van der Waals surface area contributed by atoms with Crippen LogP contribution in [-0.4, -0.2) is 11.8 Å². The molecule has 2 amide bonds. The highest BCUT2D eigenvalue weighted by molar-refractivity contribution is 6.43. The van der Waals surface area contributed by atoms with Crippen molar-refractivity contribution in [1.82, 2.24) is 0 Å². The fraction of sp³-hybridized carbons (Fsp3) is 0.263. The third-order valence-electron chi connectivity index (χ3n) is 3.85. The number of para-hydroxylation sites is 2. The average Bonchev–Trinajstić information content (AvgIpc) is 2.55. The van der Waals surface area contributed by atoms with Crippen LogP contribution in [0.25, 0.3) is 0 Å². The van der Waals surface area contributed by atoms with Crippen LogP contribution >= 0.6 is 0 Å².